The highest BCUT2D eigenvalue weighted by atomic mass is 32.7. The Morgan fingerprint density at radius 3 is 1.54 bits per heavy atom. The van der Waals surface area contributed by atoms with Crippen molar-refractivity contribution in [1.29, 1.82) is 0 Å². The predicted molar refractivity (Wildman–Crippen MR) is 260 cm³/mol. The minimum atomic E-state index is 0.130. The van der Waals surface area contributed by atoms with Crippen LogP contribution in [-0.4, -0.2) is 13.2 Å². The minimum absolute atomic E-state index is 0.130. The Morgan fingerprint density at radius 2 is 1.00 bits per heavy atom. The fraction of sp³-hybridized carbons (Fsp3) is 0.458. The first-order chi connectivity index (χ1) is 27.3. The summed E-state index contributed by atoms with van der Waals surface area (Å²) in [6.45, 7) is 10.8. The second-order valence-electron chi connectivity index (χ2n) is 15.6. The van der Waals surface area contributed by atoms with Crippen LogP contribution in [0.5, 0.6) is 11.5 Å². The van der Waals surface area contributed by atoms with Crippen LogP contribution in [0.15, 0.2) is 72.8 Å². The van der Waals surface area contributed by atoms with E-state index in [-0.39, 0.29) is 18.8 Å². The summed E-state index contributed by atoms with van der Waals surface area (Å²) >= 11 is 3.97. The van der Waals surface area contributed by atoms with Crippen molar-refractivity contribution < 1.29 is 9.47 Å². The molecule has 0 fully saturated rings. The van der Waals surface area contributed by atoms with Gasteiger partial charge in [-0.2, -0.15) is 0 Å². The third-order valence-electron chi connectivity index (χ3n) is 11.4. The summed E-state index contributed by atoms with van der Waals surface area (Å²) in [4.78, 5) is 5.87. The van der Waals surface area contributed by atoms with Crippen molar-refractivity contribution in [2.75, 3.05) is 13.2 Å². The van der Waals surface area contributed by atoms with E-state index in [2.05, 4.69) is 127 Å². The molecule has 8 heteroatoms. The van der Waals surface area contributed by atoms with Crippen LogP contribution in [0.4, 0.5) is 0 Å². The largest absolute Gasteiger partial charge is 0.493 e. The van der Waals surface area contributed by atoms with E-state index >= 15 is 0 Å². The van der Waals surface area contributed by atoms with Gasteiger partial charge >= 0.3 is 0 Å². The molecule has 2 aromatic heterocycles. The van der Waals surface area contributed by atoms with Crippen LogP contribution in [-0.2, 0) is 12.8 Å². The van der Waals surface area contributed by atoms with Gasteiger partial charge in [0.15, 0.2) is 0 Å². The summed E-state index contributed by atoms with van der Waals surface area (Å²) in [6.07, 6.45) is 17.4. The van der Waals surface area contributed by atoms with Crippen LogP contribution in [0.1, 0.15) is 157 Å². The fourth-order valence-corrected chi connectivity index (χ4v) is 11.0. The summed E-state index contributed by atoms with van der Waals surface area (Å²) in [5.74, 6) is 2.42. The van der Waals surface area contributed by atoms with Crippen LogP contribution in [0.2, 0.25) is 0 Å². The molecule has 0 radical (unpaired) electrons. The molecule has 0 saturated heterocycles. The van der Waals surface area contributed by atoms with Gasteiger partial charge in [0.05, 0.1) is 13.2 Å². The van der Waals surface area contributed by atoms with Gasteiger partial charge in [0.2, 0.25) is 0 Å². The molecule has 2 heterocycles. The van der Waals surface area contributed by atoms with Gasteiger partial charge in [0, 0.05) is 42.5 Å². The molecule has 2 nitrogen and oxygen atoms in total. The van der Waals surface area contributed by atoms with Crippen molar-refractivity contribution in [2.45, 2.75) is 129 Å². The number of benzene rings is 3. The fourth-order valence-electron chi connectivity index (χ4n) is 8.72. The Labute approximate surface area is 354 Å². The van der Waals surface area contributed by atoms with E-state index in [0.717, 1.165) is 50.4 Å². The Morgan fingerprint density at radius 1 is 0.554 bits per heavy atom. The van der Waals surface area contributed by atoms with Crippen LogP contribution >= 0.6 is 56.4 Å². The molecule has 0 N–H and O–H groups in total. The van der Waals surface area contributed by atoms with E-state index in [1.54, 1.807) is 5.56 Å². The lowest BCUT2D eigenvalue weighted by molar-refractivity contribution is 0.290. The van der Waals surface area contributed by atoms with Gasteiger partial charge < -0.3 is 9.47 Å². The van der Waals surface area contributed by atoms with Gasteiger partial charge in [0.25, 0.3) is 0 Å². The van der Waals surface area contributed by atoms with Crippen molar-refractivity contribution >= 4 is 56.4 Å². The van der Waals surface area contributed by atoms with E-state index in [9.17, 15) is 0 Å². The van der Waals surface area contributed by atoms with E-state index in [4.69, 9.17) is 9.47 Å². The zero-order chi connectivity index (χ0) is 39.4. The predicted octanol–water partition coefficient (Wildman–Crippen LogP) is 16.2. The number of thiophene rings is 2. The van der Waals surface area contributed by atoms with Gasteiger partial charge in [-0.3, -0.25) is 0 Å². The average molecular weight is 861 g/mol. The van der Waals surface area contributed by atoms with Gasteiger partial charge in [-0.1, -0.05) is 114 Å². The Balaban J connectivity index is 0.00000127. The average Bonchev–Trinajstić information content (AvgIpc) is 3.76. The highest BCUT2D eigenvalue weighted by Gasteiger charge is 2.44. The smallest absolute Gasteiger partial charge is 0.124 e. The normalized spacial score (nSPS) is 14.9. The molecule has 0 saturated carbocycles. The topological polar surface area (TPSA) is 18.5 Å². The molecule has 8 rings (SSSR count). The van der Waals surface area contributed by atoms with Crippen LogP contribution in [0.3, 0.4) is 0 Å². The Kier molecular flexibility index (Phi) is 17.4. The van der Waals surface area contributed by atoms with Gasteiger partial charge in [0.1, 0.15) is 11.5 Å². The molecule has 5 aromatic rings. The minimum Gasteiger partial charge on any atom is -0.493 e. The van der Waals surface area contributed by atoms with Crippen LogP contribution < -0.4 is 9.47 Å². The van der Waals surface area contributed by atoms with Crippen LogP contribution in [0.25, 0.3) is 9.75 Å². The van der Waals surface area contributed by atoms with Crippen molar-refractivity contribution in [2.24, 2.45) is 0 Å². The summed E-state index contributed by atoms with van der Waals surface area (Å²) in [6, 6.07) is 27.5. The number of hydrogen-bond acceptors (Lipinski definition) is 4. The molecule has 3 aromatic carbocycles. The second-order valence-corrected chi connectivity index (χ2v) is 29.7. The second kappa shape index (κ2) is 22.1. The highest BCUT2D eigenvalue weighted by Crippen LogP contribution is 2.60. The third-order valence-corrected chi connectivity index (χ3v) is 13.7. The van der Waals surface area contributed by atoms with Crippen LogP contribution in [0, 0.1) is 13.8 Å². The Hall–Kier alpha value is -1.62. The highest BCUT2D eigenvalue weighted by molar-refractivity contribution is 8.65. The molecule has 3 unspecified atom stereocenters. The first-order valence-electron chi connectivity index (χ1n) is 21.2. The lowest BCUT2D eigenvalue weighted by Crippen LogP contribution is -2.28. The first-order valence-corrected chi connectivity index (χ1v) is 29.0. The molecule has 0 aliphatic heterocycles. The molecule has 0 amide bonds. The van der Waals surface area contributed by atoms with E-state index in [0.29, 0.717) is 0 Å². The van der Waals surface area contributed by atoms with Gasteiger partial charge in [-0.25, -0.2) is 0 Å². The number of unbranched alkanes of at least 4 members (excludes halogenated alkanes) is 9. The number of aryl methyl sites for hydroxylation is 4. The lowest BCUT2D eigenvalue weighted by Gasteiger charge is -2.43. The van der Waals surface area contributed by atoms with E-state index < -0.39 is 0 Å². The van der Waals surface area contributed by atoms with Gasteiger partial charge in [-0.05, 0) is 117 Å². The third kappa shape index (κ3) is 10.9. The van der Waals surface area contributed by atoms with Crippen molar-refractivity contribution in [1.82, 2.24) is 0 Å². The monoisotopic (exact) mass is 860 g/mol. The van der Waals surface area contributed by atoms with Crippen molar-refractivity contribution in [3.63, 3.8) is 0 Å². The maximum absolute atomic E-state index is 6.80. The zero-order valence-electron chi connectivity index (χ0n) is 34.2. The molecule has 300 valence electrons. The molecule has 2 bridgehead atoms. The molecule has 3 atom stereocenters. The summed E-state index contributed by atoms with van der Waals surface area (Å²) < 4.78 is 13.5. The van der Waals surface area contributed by atoms with Gasteiger partial charge in [-0.15, -0.1) is 49.5 Å². The number of rotatable bonds is 20. The molecule has 56 heavy (non-hydrogen) atoms. The zero-order valence-corrected chi connectivity index (χ0v) is 40.2. The SMILES string of the molecule is CCCCCCCCOc1ccc(OCCCCc2cc(C)sc2-c2cc(CCCCCC)c(C)s2)c2c1C1c3ccccc3C2c2ccccc21.PP(P)P. The molecule has 3 aliphatic rings. The number of ether oxygens (including phenoxy) is 2. The van der Waals surface area contributed by atoms with E-state index in [1.807, 2.05) is 22.7 Å². The molecule has 3 aliphatic carbocycles. The first kappa shape index (κ1) is 43.9. The standard InChI is InChI=1S/C48H58O2S2.H6P4/c1-5-7-9-11-12-19-29-49-41-27-28-42(47-45-39-25-16-14-23-37(39)44(46(41)47)38-24-15-17-26-40(38)45)50-30-20-18-22-36-31-33(3)51-48(36)43-32-35(34(4)52-43)21-13-10-8-6-2;1-4(2)3/h14-17,23-28,31-32,44-45H,5-13,18-22,29-30H2,1-4H3;1-3H2. The molecular formula is C48H64O2P4S2. The quantitative estimate of drug-likeness (QED) is 0.0561. The summed E-state index contributed by atoms with van der Waals surface area (Å²) in [5, 5.41) is 0. The van der Waals surface area contributed by atoms with Crippen molar-refractivity contribution in [3.05, 3.63) is 127 Å². The lowest BCUT2D eigenvalue weighted by atomic mass is 9.60. The molecule has 0 spiro atoms. The number of hydrogen-bond donors (Lipinski definition) is 0. The van der Waals surface area contributed by atoms with Crippen molar-refractivity contribution in [3.8, 4) is 21.3 Å². The molecular weight excluding hydrogens is 797 g/mol. The maximum Gasteiger partial charge on any atom is 0.124 e. The summed E-state index contributed by atoms with van der Waals surface area (Å²) in [5.41, 5.74) is 11.4. The van der Waals surface area contributed by atoms with E-state index in [1.165, 1.54) is 123 Å². The Bertz CT molecular complexity index is 1950. The summed E-state index contributed by atoms with van der Waals surface area (Å²) in [7, 11) is 7.94. The maximum atomic E-state index is 6.80.